The SMILES string of the molecule is CC(=O)NCCCCCNC(=O)OC1CC/C=C/CCC1.N=c1ccc2c(-c3ccccc3C(=O)O)c3ccc(N)c(S(=O)(=O)O)c3oc-2c1S(=O)(=O)O. The Balaban J connectivity index is 0.000000268. The van der Waals surface area contributed by atoms with Gasteiger partial charge >= 0.3 is 12.1 Å². The summed E-state index contributed by atoms with van der Waals surface area (Å²) in [5.74, 6) is -1.95. The molecular formula is C36H42N4O12S2. The van der Waals surface area contributed by atoms with Crippen molar-refractivity contribution in [3.8, 4) is 22.5 Å². The first-order valence-electron chi connectivity index (χ1n) is 17.0. The van der Waals surface area contributed by atoms with Gasteiger partial charge in [-0.2, -0.15) is 16.8 Å². The van der Waals surface area contributed by atoms with Gasteiger partial charge in [-0.15, -0.1) is 0 Å². The third kappa shape index (κ3) is 10.6. The molecule has 0 bridgehead atoms. The molecule has 2 aliphatic carbocycles. The number of carboxylic acids is 1. The van der Waals surface area contributed by atoms with Crippen LogP contribution in [-0.4, -0.2) is 68.2 Å². The minimum Gasteiger partial charge on any atom is -0.478 e. The number of fused-ring (bicyclic) bond motifs is 2. The Bertz CT molecular complexity index is 2300. The number of benzene rings is 3. The third-order valence-electron chi connectivity index (χ3n) is 8.43. The predicted molar refractivity (Wildman–Crippen MR) is 198 cm³/mol. The first-order valence-corrected chi connectivity index (χ1v) is 19.9. The first kappa shape index (κ1) is 41.5. The van der Waals surface area contributed by atoms with Crippen LogP contribution in [0.4, 0.5) is 10.5 Å². The number of alkyl carbamates (subject to hydrolysis) is 1. The number of rotatable bonds is 11. The maximum atomic E-state index is 12.1. The van der Waals surface area contributed by atoms with E-state index in [2.05, 4.69) is 22.8 Å². The van der Waals surface area contributed by atoms with E-state index >= 15 is 0 Å². The minimum absolute atomic E-state index is 0.00532. The van der Waals surface area contributed by atoms with Crippen LogP contribution >= 0.6 is 0 Å². The number of amides is 2. The summed E-state index contributed by atoms with van der Waals surface area (Å²) in [4.78, 5) is 32.4. The lowest BCUT2D eigenvalue weighted by molar-refractivity contribution is -0.118. The fourth-order valence-electron chi connectivity index (χ4n) is 6.00. The van der Waals surface area contributed by atoms with E-state index in [1.165, 1.54) is 43.3 Å². The first-order chi connectivity index (χ1) is 25.5. The zero-order valence-corrected chi connectivity index (χ0v) is 31.0. The van der Waals surface area contributed by atoms with Crippen molar-refractivity contribution in [2.24, 2.45) is 0 Å². The van der Waals surface area contributed by atoms with Crippen molar-refractivity contribution in [3.05, 3.63) is 71.6 Å². The fraction of sp³-hybridized carbons (Fsp3) is 0.333. The molecule has 3 aliphatic rings. The number of nitrogen functional groups attached to an aromatic ring is 1. The van der Waals surface area contributed by atoms with Crippen molar-refractivity contribution in [1.82, 2.24) is 10.6 Å². The number of allylic oxidation sites excluding steroid dienone is 2. The Morgan fingerprint density at radius 1 is 0.870 bits per heavy atom. The molecule has 1 aliphatic heterocycles. The Kier molecular flexibility index (Phi) is 13.9. The third-order valence-corrected chi connectivity index (χ3v) is 10.3. The van der Waals surface area contributed by atoms with Gasteiger partial charge in [0.25, 0.3) is 20.2 Å². The molecule has 16 nitrogen and oxygen atoms in total. The standard InChI is InChI=1S/C20H14N2O9S2.C16H28N2O3/c21-13-7-5-11-15(9-3-1-2-4-10(9)20(23)24)12-6-8-14(22)19(33(28,29)30)17(12)31-16(11)18(13)32(25,26)27;1-14(19)17-12-8-5-9-13-18-16(20)21-15-10-6-3-2-4-7-11-15/h1-8,21H,22H2,(H,23,24)(H,25,26,27)(H,28,29,30);2-3,15H,4-13H2,1H3,(H,17,19)(H,18,20)/b;3-2+. The molecule has 0 saturated heterocycles. The van der Waals surface area contributed by atoms with Gasteiger partial charge in [0.15, 0.2) is 21.1 Å². The lowest BCUT2D eigenvalue weighted by Gasteiger charge is -2.19. The van der Waals surface area contributed by atoms with Gasteiger partial charge in [0.2, 0.25) is 5.91 Å². The number of nitrogens with two attached hydrogens (primary N) is 1. The van der Waals surface area contributed by atoms with Gasteiger partial charge in [-0.1, -0.05) is 30.4 Å². The van der Waals surface area contributed by atoms with Crippen molar-refractivity contribution in [1.29, 1.82) is 5.41 Å². The maximum absolute atomic E-state index is 12.1. The lowest BCUT2D eigenvalue weighted by Crippen LogP contribution is -2.30. The molecule has 18 heteroatoms. The van der Waals surface area contributed by atoms with Crippen LogP contribution in [0.15, 0.2) is 74.9 Å². The number of hydrogen-bond donors (Lipinski definition) is 7. The molecule has 1 heterocycles. The van der Waals surface area contributed by atoms with Crippen LogP contribution in [0.1, 0.15) is 68.6 Å². The number of nitrogens with one attached hydrogen (secondary N) is 3. The van der Waals surface area contributed by atoms with Gasteiger partial charge in [0, 0.05) is 36.5 Å². The predicted octanol–water partition coefficient (Wildman–Crippen LogP) is 5.37. The van der Waals surface area contributed by atoms with Gasteiger partial charge in [-0.3, -0.25) is 19.3 Å². The van der Waals surface area contributed by atoms with Crippen LogP contribution in [-0.2, 0) is 29.8 Å². The van der Waals surface area contributed by atoms with E-state index in [1.54, 1.807) is 0 Å². The number of hydrogen-bond acceptors (Lipinski definition) is 11. The molecule has 54 heavy (non-hydrogen) atoms. The van der Waals surface area contributed by atoms with E-state index in [1.807, 2.05) is 0 Å². The van der Waals surface area contributed by atoms with Crippen LogP contribution in [0, 0.1) is 5.41 Å². The van der Waals surface area contributed by atoms with E-state index in [9.17, 15) is 45.4 Å². The maximum Gasteiger partial charge on any atom is 0.407 e. The van der Waals surface area contributed by atoms with Crippen LogP contribution < -0.4 is 21.7 Å². The molecule has 2 aromatic rings. The molecule has 8 N–H and O–H groups in total. The number of carbonyl (C=O) groups is 3. The summed E-state index contributed by atoms with van der Waals surface area (Å²) in [6.07, 6.45) is 12.0. The molecule has 2 aromatic carbocycles. The van der Waals surface area contributed by atoms with Crippen LogP contribution in [0.2, 0.25) is 0 Å². The summed E-state index contributed by atoms with van der Waals surface area (Å²) in [6.45, 7) is 2.85. The second-order valence-electron chi connectivity index (χ2n) is 12.4. The molecule has 2 amide bonds. The smallest absolute Gasteiger partial charge is 0.407 e. The number of aromatic carboxylic acids is 1. The number of unbranched alkanes of at least 4 members (excludes halogenated alkanes) is 2. The van der Waals surface area contributed by atoms with E-state index in [0.717, 1.165) is 63.5 Å². The molecular weight excluding hydrogens is 745 g/mol. The van der Waals surface area contributed by atoms with E-state index < -0.39 is 58.4 Å². The molecule has 0 aromatic heterocycles. The number of carboxylic acid groups (broad SMARTS) is 1. The normalized spacial score (nSPS) is 15.3. The summed E-state index contributed by atoms with van der Waals surface area (Å²) in [7, 11) is -10.1. The van der Waals surface area contributed by atoms with E-state index in [0.29, 0.717) is 13.1 Å². The minimum atomic E-state index is -5.05. The highest BCUT2D eigenvalue weighted by Crippen LogP contribution is 2.45. The highest BCUT2D eigenvalue weighted by atomic mass is 32.2. The van der Waals surface area contributed by atoms with Crippen molar-refractivity contribution >= 4 is 54.9 Å². The van der Waals surface area contributed by atoms with Crippen LogP contribution in [0.25, 0.3) is 33.4 Å². The second-order valence-corrected chi connectivity index (χ2v) is 15.2. The van der Waals surface area contributed by atoms with E-state index in [4.69, 9.17) is 20.3 Å². The van der Waals surface area contributed by atoms with E-state index in [-0.39, 0.29) is 45.7 Å². The van der Waals surface area contributed by atoms with Gasteiger partial charge in [-0.25, -0.2) is 9.59 Å². The molecule has 0 saturated carbocycles. The Labute approximate surface area is 311 Å². The molecule has 1 unspecified atom stereocenters. The van der Waals surface area contributed by atoms with Crippen molar-refractivity contribution in [2.45, 2.75) is 74.2 Å². The van der Waals surface area contributed by atoms with Gasteiger partial charge < -0.3 is 30.6 Å². The summed E-state index contributed by atoms with van der Waals surface area (Å²) in [5, 5.41) is 22.5. The second kappa shape index (κ2) is 18.2. The van der Waals surface area contributed by atoms with Crippen molar-refractivity contribution in [3.63, 3.8) is 0 Å². The fourth-order valence-corrected chi connectivity index (χ4v) is 7.49. The number of carbonyl (C=O) groups excluding carboxylic acids is 2. The van der Waals surface area contributed by atoms with Crippen LogP contribution in [0.3, 0.4) is 0 Å². The highest BCUT2D eigenvalue weighted by Gasteiger charge is 2.31. The average molecular weight is 787 g/mol. The summed E-state index contributed by atoms with van der Waals surface area (Å²) < 4.78 is 78.8. The molecule has 290 valence electrons. The zero-order chi connectivity index (χ0) is 39.6. The Hall–Kier alpha value is -5.30. The van der Waals surface area contributed by atoms with Gasteiger partial charge in [-0.05, 0) is 87.3 Å². The van der Waals surface area contributed by atoms with Gasteiger partial charge in [0.1, 0.15) is 6.10 Å². The summed E-state index contributed by atoms with van der Waals surface area (Å²) >= 11 is 0. The van der Waals surface area contributed by atoms with Crippen molar-refractivity contribution < 1.29 is 54.6 Å². The molecule has 0 spiro atoms. The van der Waals surface area contributed by atoms with Gasteiger partial charge in [0.05, 0.1) is 16.6 Å². The topological polar surface area (TPSA) is 276 Å². The zero-order valence-electron chi connectivity index (χ0n) is 29.3. The number of ether oxygens (including phenoxy) is 1. The quantitative estimate of drug-likeness (QED) is 0.0332. The van der Waals surface area contributed by atoms with Crippen molar-refractivity contribution in [2.75, 3.05) is 18.8 Å². The average Bonchev–Trinajstić information content (AvgIpc) is 3.06. The Morgan fingerprint density at radius 3 is 2.20 bits per heavy atom. The molecule has 0 fully saturated rings. The summed E-state index contributed by atoms with van der Waals surface area (Å²) in [6, 6.07) is 10.4. The number of anilines is 1. The lowest BCUT2D eigenvalue weighted by atomic mass is 9.90. The summed E-state index contributed by atoms with van der Waals surface area (Å²) in [5.41, 5.74) is 4.56. The molecule has 5 rings (SSSR count). The molecule has 1 atom stereocenters. The highest BCUT2D eigenvalue weighted by molar-refractivity contribution is 7.86. The van der Waals surface area contributed by atoms with Crippen LogP contribution in [0.5, 0.6) is 0 Å². The molecule has 0 radical (unpaired) electrons. The monoisotopic (exact) mass is 786 g/mol. The Morgan fingerprint density at radius 2 is 1.54 bits per heavy atom. The largest absolute Gasteiger partial charge is 0.478 e.